The Kier molecular flexibility index (Phi) is 1.22. The Morgan fingerprint density at radius 1 is 1.45 bits per heavy atom. The van der Waals surface area contributed by atoms with Crippen molar-refractivity contribution >= 4 is 28.5 Å². The molecule has 3 N–H and O–H groups in total. The van der Waals surface area contributed by atoms with Crippen molar-refractivity contribution in [2.75, 3.05) is 5.73 Å². The zero-order valence-electron chi connectivity index (χ0n) is 5.50. The van der Waals surface area contributed by atoms with Gasteiger partial charge in [0.1, 0.15) is 11.0 Å². The average molecular weight is 169 g/mol. The van der Waals surface area contributed by atoms with Gasteiger partial charge >= 0.3 is 0 Å². The molecule has 11 heavy (non-hydrogen) atoms. The smallest absolute Gasteiger partial charge is 0.184 e. The van der Waals surface area contributed by atoms with Gasteiger partial charge < -0.3 is 5.73 Å². The first-order valence-electron chi connectivity index (χ1n) is 3.03. The van der Waals surface area contributed by atoms with Crippen LogP contribution in [0.2, 0.25) is 5.15 Å². The number of rotatable bonds is 0. The molecule has 2 rings (SSSR count). The average Bonchev–Trinajstić information content (AvgIpc) is 2.32. The second-order valence-corrected chi connectivity index (χ2v) is 2.53. The third-order valence-corrected chi connectivity index (χ3v) is 1.62. The summed E-state index contributed by atoms with van der Waals surface area (Å²) in [6.07, 6.45) is 0. The molecule has 0 radical (unpaired) electrons. The molecule has 0 atom stereocenters. The number of aromatic nitrogens is 3. The lowest BCUT2D eigenvalue weighted by atomic mass is 10.3. The molecule has 0 aliphatic heterocycles. The molecule has 2 heterocycles. The Morgan fingerprint density at radius 2 is 2.27 bits per heavy atom. The van der Waals surface area contributed by atoms with Crippen LogP contribution in [-0.2, 0) is 0 Å². The molecule has 0 saturated heterocycles. The predicted molar refractivity (Wildman–Crippen MR) is 43.3 cm³/mol. The summed E-state index contributed by atoms with van der Waals surface area (Å²) in [4.78, 5) is 3.94. The summed E-state index contributed by atoms with van der Waals surface area (Å²) >= 11 is 5.62. The molecule has 56 valence electrons. The van der Waals surface area contributed by atoms with Crippen LogP contribution in [0.25, 0.3) is 11.0 Å². The van der Waals surface area contributed by atoms with Gasteiger partial charge in [-0.1, -0.05) is 11.6 Å². The number of nitrogens with two attached hydrogens (primary N) is 1. The Labute approximate surface area is 67.4 Å². The SMILES string of the molecule is Nc1[nH]nc2nc(Cl)ccc12. The van der Waals surface area contributed by atoms with Crippen LogP contribution in [0.15, 0.2) is 12.1 Å². The zero-order valence-corrected chi connectivity index (χ0v) is 6.26. The molecule has 2 aromatic rings. The van der Waals surface area contributed by atoms with Crippen molar-refractivity contribution in [3.63, 3.8) is 0 Å². The number of nitrogens with one attached hydrogen (secondary N) is 1. The van der Waals surface area contributed by atoms with Gasteiger partial charge in [0, 0.05) is 0 Å². The number of anilines is 1. The Bertz CT molecular complexity index is 394. The normalized spacial score (nSPS) is 10.6. The zero-order chi connectivity index (χ0) is 7.84. The van der Waals surface area contributed by atoms with E-state index in [1.54, 1.807) is 12.1 Å². The van der Waals surface area contributed by atoms with Crippen molar-refractivity contribution in [1.82, 2.24) is 15.2 Å². The monoisotopic (exact) mass is 168 g/mol. The van der Waals surface area contributed by atoms with Gasteiger partial charge in [-0.05, 0) is 12.1 Å². The topological polar surface area (TPSA) is 67.6 Å². The van der Waals surface area contributed by atoms with E-state index in [9.17, 15) is 0 Å². The Morgan fingerprint density at radius 3 is 3.09 bits per heavy atom. The summed E-state index contributed by atoms with van der Waals surface area (Å²) in [7, 11) is 0. The largest absolute Gasteiger partial charge is 0.384 e. The number of hydrogen-bond donors (Lipinski definition) is 2. The summed E-state index contributed by atoms with van der Waals surface area (Å²) in [5.74, 6) is 0.518. The quantitative estimate of drug-likeness (QED) is 0.581. The van der Waals surface area contributed by atoms with Gasteiger partial charge in [-0.15, -0.1) is 0 Å². The number of nitrogen functional groups attached to an aromatic ring is 1. The molecule has 0 aliphatic carbocycles. The molecule has 0 unspecified atom stereocenters. The molecule has 5 heteroatoms. The van der Waals surface area contributed by atoms with Crippen molar-refractivity contribution < 1.29 is 0 Å². The van der Waals surface area contributed by atoms with Crippen molar-refractivity contribution in [3.05, 3.63) is 17.3 Å². The van der Waals surface area contributed by atoms with E-state index in [1.807, 2.05) is 0 Å². The first kappa shape index (κ1) is 6.42. The maximum Gasteiger partial charge on any atom is 0.184 e. The van der Waals surface area contributed by atoms with Gasteiger partial charge in [0.25, 0.3) is 0 Å². The predicted octanol–water partition coefficient (Wildman–Crippen LogP) is 1.19. The lowest BCUT2D eigenvalue weighted by molar-refractivity contribution is 1.10. The lowest BCUT2D eigenvalue weighted by Gasteiger charge is -1.88. The Hall–Kier alpha value is -1.29. The summed E-state index contributed by atoms with van der Waals surface area (Å²) in [5.41, 5.74) is 6.08. The minimum Gasteiger partial charge on any atom is -0.384 e. The van der Waals surface area contributed by atoms with Crippen molar-refractivity contribution in [3.8, 4) is 0 Å². The highest BCUT2D eigenvalue weighted by atomic mass is 35.5. The third-order valence-electron chi connectivity index (χ3n) is 1.41. The van der Waals surface area contributed by atoms with Crippen molar-refractivity contribution in [1.29, 1.82) is 0 Å². The summed E-state index contributed by atoms with van der Waals surface area (Å²) in [6.45, 7) is 0. The van der Waals surface area contributed by atoms with E-state index >= 15 is 0 Å². The minimum atomic E-state index is 0.420. The van der Waals surface area contributed by atoms with Gasteiger partial charge in [0.15, 0.2) is 5.65 Å². The van der Waals surface area contributed by atoms with Crippen molar-refractivity contribution in [2.45, 2.75) is 0 Å². The molecular formula is C6H5ClN4. The number of halogens is 1. The fraction of sp³-hybridized carbons (Fsp3) is 0. The van der Waals surface area contributed by atoms with E-state index < -0.39 is 0 Å². The maximum absolute atomic E-state index is 5.62. The first-order chi connectivity index (χ1) is 5.27. The second kappa shape index (κ2) is 2.10. The van der Waals surface area contributed by atoms with Crippen LogP contribution in [0, 0.1) is 0 Å². The van der Waals surface area contributed by atoms with Crippen LogP contribution in [0.1, 0.15) is 0 Å². The molecule has 0 spiro atoms. The van der Waals surface area contributed by atoms with E-state index in [2.05, 4.69) is 15.2 Å². The molecular weight excluding hydrogens is 164 g/mol. The maximum atomic E-state index is 5.62. The summed E-state index contributed by atoms with van der Waals surface area (Å²) < 4.78 is 0. The minimum absolute atomic E-state index is 0.420. The fourth-order valence-corrected chi connectivity index (χ4v) is 1.04. The molecule has 4 nitrogen and oxygen atoms in total. The third kappa shape index (κ3) is 0.914. The van der Waals surface area contributed by atoms with Crippen LogP contribution in [-0.4, -0.2) is 15.2 Å². The van der Waals surface area contributed by atoms with Crippen LogP contribution in [0.4, 0.5) is 5.82 Å². The van der Waals surface area contributed by atoms with Gasteiger partial charge in [0.05, 0.1) is 5.39 Å². The van der Waals surface area contributed by atoms with E-state index in [0.29, 0.717) is 16.6 Å². The molecule has 0 bridgehead atoms. The molecule has 0 saturated carbocycles. The molecule has 0 amide bonds. The van der Waals surface area contributed by atoms with E-state index in [-0.39, 0.29) is 0 Å². The van der Waals surface area contributed by atoms with Gasteiger partial charge in [-0.3, -0.25) is 5.10 Å². The van der Waals surface area contributed by atoms with E-state index in [1.165, 1.54) is 0 Å². The van der Waals surface area contributed by atoms with Gasteiger partial charge in [-0.2, -0.15) is 5.10 Å². The number of pyridine rings is 1. The number of H-pyrrole nitrogens is 1. The highest BCUT2D eigenvalue weighted by Crippen LogP contribution is 2.17. The first-order valence-corrected chi connectivity index (χ1v) is 3.41. The van der Waals surface area contributed by atoms with Crippen LogP contribution < -0.4 is 5.73 Å². The summed E-state index contributed by atoms with van der Waals surface area (Å²) in [6, 6.07) is 3.46. The van der Waals surface area contributed by atoms with Crippen LogP contribution in [0.5, 0.6) is 0 Å². The van der Waals surface area contributed by atoms with E-state index in [4.69, 9.17) is 17.3 Å². The van der Waals surface area contributed by atoms with Gasteiger partial charge in [0.2, 0.25) is 0 Å². The van der Waals surface area contributed by atoms with Crippen LogP contribution >= 0.6 is 11.6 Å². The molecule has 0 aromatic carbocycles. The second-order valence-electron chi connectivity index (χ2n) is 2.14. The van der Waals surface area contributed by atoms with Crippen LogP contribution in [0.3, 0.4) is 0 Å². The van der Waals surface area contributed by atoms with E-state index in [0.717, 1.165) is 5.39 Å². The molecule has 2 aromatic heterocycles. The standard InChI is InChI=1S/C6H5ClN4/c7-4-2-1-3-5(8)10-11-6(3)9-4/h1-2H,(H3,8,9,10,11). The number of nitrogens with zero attached hydrogens (tertiary/aromatic N) is 2. The number of hydrogen-bond acceptors (Lipinski definition) is 3. The number of aromatic amines is 1. The Balaban J connectivity index is 2.86. The molecule has 0 fully saturated rings. The fourth-order valence-electron chi connectivity index (χ4n) is 0.894. The number of fused-ring (bicyclic) bond motifs is 1. The molecule has 0 aliphatic rings. The highest BCUT2D eigenvalue weighted by molar-refractivity contribution is 6.29. The van der Waals surface area contributed by atoms with Gasteiger partial charge in [-0.25, -0.2) is 4.98 Å². The highest BCUT2D eigenvalue weighted by Gasteiger charge is 2.01. The van der Waals surface area contributed by atoms with Crippen molar-refractivity contribution in [2.24, 2.45) is 0 Å². The lowest BCUT2D eigenvalue weighted by Crippen LogP contribution is -1.83. The summed E-state index contributed by atoms with van der Waals surface area (Å²) in [5, 5.41) is 7.66.